The smallest absolute Gasteiger partial charge is 0.156 e. The number of carbonyl (C=O) groups excluding carboxylic acids is 1. The lowest BCUT2D eigenvalue weighted by atomic mass is 9.49. The summed E-state index contributed by atoms with van der Waals surface area (Å²) in [5.74, 6) is 5.17. The summed E-state index contributed by atoms with van der Waals surface area (Å²) in [6, 6.07) is 0. The topological polar surface area (TPSA) is 17.1 Å². The second-order valence-corrected chi connectivity index (χ2v) is 8.09. The Hall–Kier alpha value is -1.55. The number of carbonyl (C=O) groups is 1. The molecule has 0 spiro atoms. The average Bonchev–Trinajstić information content (AvgIpc) is 2.84. The number of allylic oxidation sites excluding steroid dienone is 6. The Bertz CT molecular complexity index is 671. The molecule has 1 fully saturated rings. The molecule has 0 aromatic heterocycles. The molecule has 114 valence electrons. The van der Waals surface area contributed by atoms with Gasteiger partial charge in [-0.2, -0.15) is 0 Å². The van der Waals surface area contributed by atoms with Gasteiger partial charge in [0.2, 0.25) is 0 Å². The van der Waals surface area contributed by atoms with E-state index in [4.69, 9.17) is 6.42 Å². The Labute approximate surface area is 133 Å². The Morgan fingerprint density at radius 3 is 2.82 bits per heavy atom. The molecular weight excluding hydrogens is 268 g/mol. The van der Waals surface area contributed by atoms with Gasteiger partial charge in [0.1, 0.15) is 0 Å². The van der Waals surface area contributed by atoms with Crippen LogP contribution < -0.4 is 0 Å². The van der Waals surface area contributed by atoms with Gasteiger partial charge in [-0.3, -0.25) is 4.79 Å². The van der Waals surface area contributed by atoms with E-state index in [-0.39, 0.29) is 10.8 Å². The molecule has 0 saturated heterocycles. The third-order valence-corrected chi connectivity index (χ3v) is 7.25. The predicted octanol–water partition coefficient (Wildman–Crippen LogP) is 4.46. The summed E-state index contributed by atoms with van der Waals surface area (Å²) < 4.78 is 0. The van der Waals surface area contributed by atoms with Gasteiger partial charge in [-0.1, -0.05) is 38.0 Å². The van der Waals surface area contributed by atoms with Crippen molar-refractivity contribution in [1.29, 1.82) is 0 Å². The maximum Gasteiger partial charge on any atom is 0.156 e. The van der Waals surface area contributed by atoms with Crippen molar-refractivity contribution < 1.29 is 4.79 Å². The van der Waals surface area contributed by atoms with Crippen LogP contribution in [-0.2, 0) is 4.79 Å². The highest BCUT2D eigenvalue weighted by atomic mass is 16.1. The maximum absolute atomic E-state index is 11.8. The van der Waals surface area contributed by atoms with Gasteiger partial charge in [-0.25, -0.2) is 0 Å². The first kappa shape index (κ1) is 14.1. The van der Waals surface area contributed by atoms with E-state index in [2.05, 4.69) is 38.0 Å². The Kier molecular flexibility index (Phi) is 2.86. The fourth-order valence-electron chi connectivity index (χ4n) is 5.79. The average molecular weight is 292 g/mol. The summed E-state index contributed by atoms with van der Waals surface area (Å²) in [7, 11) is 0. The van der Waals surface area contributed by atoms with Crippen LogP contribution in [0.3, 0.4) is 0 Å². The number of rotatable bonds is 0. The van der Waals surface area contributed by atoms with Crippen molar-refractivity contribution in [3.05, 3.63) is 35.5 Å². The van der Waals surface area contributed by atoms with E-state index in [1.807, 2.05) is 6.08 Å². The Morgan fingerprint density at radius 2 is 2.05 bits per heavy atom. The van der Waals surface area contributed by atoms with Gasteiger partial charge in [-0.05, 0) is 60.5 Å². The van der Waals surface area contributed by atoms with Crippen LogP contribution >= 0.6 is 0 Å². The molecule has 0 N–H and O–H groups in total. The molecule has 4 aliphatic rings. The first-order valence-corrected chi connectivity index (χ1v) is 8.59. The predicted molar refractivity (Wildman–Crippen MR) is 88.9 cm³/mol. The third-order valence-electron chi connectivity index (χ3n) is 7.25. The van der Waals surface area contributed by atoms with E-state index < -0.39 is 0 Å². The van der Waals surface area contributed by atoms with Gasteiger partial charge in [0.25, 0.3) is 0 Å². The van der Waals surface area contributed by atoms with Crippen LogP contribution in [-0.4, -0.2) is 5.78 Å². The van der Waals surface area contributed by atoms with Crippen LogP contribution in [0.15, 0.2) is 35.5 Å². The Morgan fingerprint density at radius 1 is 1.23 bits per heavy atom. The molecule has 22 heavy (non-hydrogen) atoms. The standard InChI is InChI=1S/C21H24O/c1-4-14-6-8-18-17-7-5-15-13-16(22)9-11-21(15,3)19(17)10-12-20(14,18)2/h1,5-7,13,17-19H,8-12H2,2-3H3/t17?,18?,19?,20-,21+/m1/s1. The van der Waals surface area contributed by atoms with Crippen molar-refractivity contribution >= 4 is 5.78 Å². The fraction of sp³-hybridized carbons (Fsp3) is 0.571. The first-order valence-electron chi connectivity index (χ1n) is 8.59. The first-order chi connectivity index (χ1) is 10.5. The fourth-order valence-corrected chi connectivity index (χ4v) is 5.79. The lowest BCUT2D eigenvalue weighted by Crippen LogP contribution is -2.48. The number of ketones is 1. The monoisotopic (exact) mass is 292 g/mol. The zero-order valence-corrected chi connectivity index (χ0v) is 13.6. The van der Waals surface area contributed by atoms with Crippen molar-refractivity contribution in [3.63, 3.8) is 0 Å². The van der Waals surface area contributed by atoms with Gasteiger partial charge in [0, 0.05) is 17.4 Å². The van der Waals surface area contributed by atoms with E-state index in [1.54, 1.807) is 0 Å². The molecule has 4 aliphatic carbocycles. The molecule has 4 rings (SSSR count). The number of fused-ring (bicyclic) bond motifs is 5. The quantitative estimate of drug-likeness (QED) is 0.602. The zero-order valence-electron chi connectivity index (χ0n) is 13.6. The van der Waals surface area contributed by atoms with Gasteiger partial charge in [0.05, 0.1) is 0 Å². The molecule has 1 nitrogen and oxygen atoms in total. The largest absolute Gasteiger partial charge is 0.295 e. The highest BCUT2D eigenvalue weighted by Crippen LogP contribution is 2.63. The third kappa shape index (κ3) is 1.64. The molecule has 1 saturated carbocycles. The second-order valence-electron chi connectivity index (χ2n) is 8.09. The highest BCUT2D eigenvalue weighted by Gasteiger charge is 2.55. The van der Waals surface area contributed by atoms with Crippen molar-refractivity contribution in [1.82, 2.24) is 0 Å². The van der Waals surface area contributed by atoms with Crippen molar-refractivity contribution in [2.24, 2.45) is 28.6 Å². The minimum atomic E-state index is 0.188. The second kappa shape index (κ2) is 4.48. The number of hydrogen-bond acceptors (Lipinski definition) is 1. The lowest BCUT2D eigenvalue weighted by molar-refractivity contribution is -0.116. The van der Waals surface area contributed by atoms with Crippen LogP contribution in [0.25, 0.3) is 0 Å². The van der Waals surface area contributed by atoms with Gasteiger partial charge in [0.15, 0.2) is 5.78 Å². The van der Waals surface area contributed by atoms with Crippen LogP contribution in [0, 0.1) is 40.9 Å². The molecule has 1 heteroatoms. The maximum atomic E-state index is 11.8. The molecule has 0 amide bonds. The molecule has 0 bridgehead atoms. The van der Waals surface area contributed by atoms with E-state index in [1.165, 1.54) is 24.0 Å². The summed E-state index contributed by atoms with van der Waals surface area (Å²) in [4.78, 5) is 11.8. The van der Waals surface area contributed by atoms with Crippen molar-refractivity contribution in [2.75, 3.05) is 0 Å². The normalized spacial score (nSPS) is 46.0. The van der Waals surface area contributed by atoms with Crippen LogP contribution in [0.5, 0.6) is 0 Å². The molecule has 0 radical (unpaired) electrons. The molecule has 0 aromatic carbocycles. The molecule has 3 unspecified atom stereocenters. The SMILES string of the molecule is C#CC1=CCC2C3C=CC4=CC(=O)CC[C@]4(C)C3CC[C@]12C. The zero-order chi connectivity index (χ0) is 15.5. The van der Waals surface area contributed by atoms with Gasteiger partial charge in [-0.15, -0.1) is 6.42 Å². The van der Waals surface area contributed by atoms with E-state index >= 15 is 0 Å². The molecule has 0 aromatic rings. The number of hydrogen-bond donors (Lipinski definition) is 0. The lowest BCUT2D eigenvalue weighted by Gasteiger charge is -2.55. The van der Waals surface area contributed by atoms with Gasteiger partial charge < -0.3 is 0 Å². The highest BCUT2D eigenvalue weighted by molar-refractivity contribution is 5.92. The van der Waals surface area contributed by atoms with E-state index in [9.17, 15) is 4.79 Å². The summed E-state index contributed by atoms with van der Waals surface area (Å²) in [5.41, 5.74) is 2.89. The van der Waals surface area contributed by atoms with E-state index in [0.29, 0.717) is 30.0 Å². The van der Waals surface area contributed by atoms with Crippen LogP contribution in [0.2, 0.25) is 0 Å². The van der Waals surface area contributed by atoms with Crippen molar-refractivity contribution in [2.45, 2.75) is 46.0 Å². The van der Waals surface area contributed by atoms with Crippen LogP contribution in [0.1, 0.15) is 46.0 Å². The molecular formula is C21H24O. The van der Waals surface area contributed by atoms with Crippen molar-refractivity contribution in [3.8, 4) is 12.3 Å². The summed E-state index contributed by atoms with van der Waals surface area (Å²) >= 11 is 0. The summed E-state index contributed by atoms with van der Waals surface area (Å²) in [5, 5.41) is 0. The van der Waals surface area contributed by atoms with Gasteiger partial charge >= 0.3 is 0 Å². The molecule has 0 aliphatic heterocycles. The van der Waals surface area contributed by atoms with Crippen LogP contribution in [0.4, 0.5) is 0 Å². The molecule has 5 atom stereocenters. The minimum absolute atomic E-state index is 0.188. The number of terminal acetylenes is 1. The summed E-state index contributed by atoms with van der Waals surface area (Å²) in [6.45, 7) is 4.76. The van der Waals surface area contributed by atoms with E-state index in [0.717, 1.165) is 12.8 Å². The summed E-state index contributed by atoms with van der Waals surface area (Å²) in [6.07, 6.45) is 19.9. The minimum Gasteiger partial charge on any atom is -0.295 e. The molecule has 0 heterocycles. The Balaban J connectivity index is 1.75.